The van der Waals surface area contributed by atoms with E-state index in [0.29, 0.717) is 0 Å². The smallest absolute Gasteiger partial charge is 0.410 e. The Bertz CT molecular complexity index is 672. The van der Waals surface area contributed by atoms with Gasteiger partial charge < -0.3 is 9.64 Å². The first kappa shape index (κ1) is 19.3. The van der Waals surface area contributed by atoms with Gasteiger partial charge in [-0.3, -0.25) is 0 Å². The van der Waals surface area contributed by atoms with Crippen molar-refractivity contribution in [3.05, 3.63) is 29.8 Å². The molecule has 0 atom stereocenters. The molecule has 0 saturated carbocycles. The van der Waals surface area contributed by atoms with E-state index in [4.69, 9.17) is 4.74 Å². The Kier molecular flexibility index (Phi) is 6.06. The number of amides is 1. The van der Waals surface area contributed by atoms with E-state index in [0.717, 1.165) is 18.2 Å². The molecule has 0 unspecified atom stereocenters. The zero-order valence-corrected chi connectivity index (χ0v) is 14.2. The lowest BCUT2D eigenvalue weighted by molar-refractivity contribution is 0.0302. The van der Waals surface area contributed by atoms with Gasteiger partial charge in [0.15, 0.2) is 11.6 Å². The van der Waals surface area contributed by atoms with Crippen LogP contribution in [0.1, 0.15) is 20.8 Å². The highest BCUT2D eigenvalue weighted by Gasteiger charge is 2.22. The van der Waals surface area contributed by atoms with Gasteiger partial charge in [-0.2, -0.15) is 0 Å². The minimum atomic E-state index is -4.21. The molecular weight excluding hydrogens is 330 g/mol. The van der Waals surface area contributed by atoms with Crippen molar-refractivity contribution in [2.75, 3.05) is 20.1 Å². The van der Waals surface area contributed by atoms with Gasteiger partial charge in [0.1, 0.15) is 10.5 Å². The number of rotatable bonds is 5. The minimum Gasteiger partial charge on any atom is -0.444 e. The van der Waals surface area contributed by atoms with Crippen molar-refractivity contribution >= 4 is 16.1 Å². The van der Waals surface area contributed by atoms with Gasteiger partial charge in [-0.05, 0) is 32.9 Å². The molecular formula is C14H20F2N2O4S. The Morgan fingerprint density at radius 1 is 1.30 bits per heavy atom. The summed E-state index contributed by atoms with van der Waals surface area (Å²) in [6, 6.07) is 2.88. The Morgan fingerprint density at radius 3 is 2.48 bits per heavy atom. The molecule has 0 fully saturated rings. The van der Waals surface area contributed by atoms with Crippen molar-refractivity contribution in [1.82, 2.24) is 9.62 Å². The van der Waals surface area contributed by atoms with E-state index in [2.05, 4.69) is 4.72 Å². The number of likely N-dealkylation sites (N-methyl/N-ethyl adjacent to an activating group) is 1. The van der Waals surface area contributed by atoms with E-state index in [9.17, 15) is 22.0 Å². The van der Waals surface area contributed by atoms with Gasteiger partial charge in [0, 0.05) is 20.1 Å². The predicted molar refractivity (Wildman–Crippen MR) is 80.4 cm³/mol. The normalized spacial score (nSPS) is 12.1. The first-order valence-corrected chi connectivity index (χ1v) is 8.30. The van der Waals surface area contributed by atoms with E-state index in [-0.39, 0.29) is 13.1 Å². The molecule has 0 spiro atoms. The van der Waals surface area contributed by atoms with Crippen LogP contribution in [0.2, 0.25) is 0 Å². The van der Waals surface area contributed by atoms with Gasteiger partial charge in [-0.25, -0.2) is 26.7 Å². The number of hydrogen-bond donors (Lipinski definition) is 1. The lowest BCUT2D eigenvalue weighted by Gasteiger charge is -2.24. The van der Waals surface area contributed by atoms with Crippen molar-refractivity contribution in [2.24, 2.45) is 0 Å². The van der Waals surface area contributed by atoms with Crippen LogP contribution in [0.15, 0.2) is 23.1 Å². The van der Waals surface area contributed by atoms with E-state index >= 15 is 0 Å². The third kappa shape index (κ3) is 5.76. The second-order valence-electron chi connectivity index (χ2n) is 5.85. The monoisotopic (exact) mass is 350 g/mol. The SMILES string of the molecule is CN(CCNS(=O)(=O)c1cccc(F)c1F)C(=O)OC(C)(C)C. The summed E-state index contributed by atoms with van der Waals surface area (Å²) in [5.41, 5.74) is -0.671. The number of sulfonamides is 1. The van der Waals surface area contributed by atoms with E-state index < -0.39 is 38.2 Å². The molecule has 23 heavy (non-hydrogen) atoms. The molecule has 0 radical (unpaired) electrons. The first-order valence-electron chi connectivity index (χ1n) is 6.82. The van der Waals surface area contributed by atoms with Crippen LogP contribution in [0.4, 0.5) is 13.6 Å². The highest BCUT2D eigenvalue weighted by atomic mass is 32.2. The molecule has 1 aromatic rings. The Balaban J connectivity index is 2.64. The molecule has 0 heterocycles. The summed E-state index contributed by atoms with van der Waals surface area (Å²) in [6.07, 6.45) is -0.617. The average Bonchev–Trinajstić information content (AvgIpc) is 2.39. The third-order valence-electron chi connectivity index (χ3n) is 2.65. The summed E-state index contributed by atoms with van der Waals surface area (Å²) < 4.78 is 57.7. The summed E-state index contributed by atoms with van der Waals surface area (Å²) in [7, 11) is -2.78. The van der Waals surface area contributed by atoms with E-state index in [1.807, 2.05) is 0 Å². The maximum Gasteiger partial charge on any atom is 0.410 e. The van der Waals surface area contributed by atoms with Crippen LogP contribution < -0.4 is 4.72 Å². The fourth-order valence-corrected chi connectivity index (χ4v) is 2.65. The number of benzene rings is 1. The molecule has 130 valence electrons. The first-order chi connectivity index (χ1) is 10.4. The van der Waals surface area contributed by atoms with Crippen molar-refractivity contribution in [3.63, 3.8) is 0 Å². The molecule has 0 saturated heterocycles. The molecule has 1 N–H and O–H groups in total. The van der Waals surface area contributed by atoms with Crippen molar-refractivity contribution in [2.45, 2.75) is 31.3 Å². The van der Waals surface area contributed by atoms with Gasteiger partial charge >= 0.3 is 6.09 Å². The fraction of sp³-hybridized carbons (Fsp3) is 0.500. The van der Waals surface area contributed by atoms with Crippen LogP contribution in [-0.4, -0.2) is 45.1 Å². The number of halogens is 2. The van der Waals surface area contributed by atoms with Crippen LogP contribution in [0.25, 0.3) is 0 Å². The summed E-state index contributed by atoms with van der Waals surface area (Å²) >= 11 is 0. The second kappa shape index (κ2) is 7.22. The molecule has 0 aliphatic heterocycles. The van der Waals surface area contributed by atoms with Crippen LogP contribution in [0.5, 0.6) is 0 Å². The van der Waals surface area contributed by atoms with Crippen LogP contribution in [0, 0.1) is 11.6 Å². The number of nitrogens with zero attached hydrogens (tertiary/aromatic N) is 1. The van der Waals surface area contributed by atoms with E-state index in [1.165, 1.54) is 11.9 Å². The van der Waals surface area contributed by atoms with E-state index in [1.54, 1.807) is 20.8 Å². The zero-order valence-electron chi connectivity index (χ0n) is 13.4. The van der Waals surface area contributed by atoms with Crippen LogP contribution >= 0.6 is 0 Å². The molecule has 6 nitrogen and oxygen atoms in total. The van der Waals surface area contributed by atoms with Crippen LogP contribution in [0.3, 0.4) is 0 Å². The van der Waals surface area contributed by atoms with Gasteiger partial charge in [0.05, 0.1) is 0 Å². The standard InChI is InChI=1S/C14H20F2N2O4S/c1-14(2,3)22-13(19)18(4)9-8-17-23(20,21)11-7-5-6-10(15)12(11)16/h5-7,17H,8-9H2,1-4H3. The summed E-state index contributed by atoms with van der Waals surface area (Å²) in [5, 5.41) is 0. The Labute approximate surface area is 134 Å². The zero-order chi connectivity index (χ0) is 17.8. The quantitative estimate of drug-likeness (QED) is 0.882. The van der Waals surface area contributed by atoms with Gasteiger partial charge in [-0.1, -0.05) is 6.07 Å². The maximum absolute atomic E-state index is 13.5. The average molecular weight is 350 g/mol. The Morgan fingerprint density at radius 2 is 1.91 bits per heavy atom. The van der Waals surface area contributed by atoms with Crippen molar-refractivity contribution < 1.29 is 26.7 Å². The van der Waals surface area contributed by atoms with Gasteiger partial charge in [0.2, 0.25) is 10.0 Å². The lowest BCUT2D eigenvalue weighted by Crippen LogP contribution is -2.39. The molecule has 1 amide bonds. The number of nitrogens with one attached hydrogen (secondary N) is 1. The summed E-state index contributed by atoms with van der Waals surface area (Å²) in [5.74, 6) is -2.70. The number of carbonyl (C=O) groups excluding carboxylic acids is 1. The maximum atomic E-state index is 13.5. The minimum absolute atomic E-state index is 0.00504. The summed E-state index contributed by atoms with van der Waals surface area (Å²) in [4.78, 5) is 12.1. The van der Waals surface area contributed by atoms with Crippen molar-refractivity contribution in [3.8, 4) is 0 Å². The molecule has 1 rings (SSSR count). The second-order valence-corrected chi connectivity index (χ2v) is 7.59. The fourth-order valence-electron chi connectivity index (χ4n) is 1.55. The molecule has 9 heteroatoms. The largest absolute Gasteiger partial charge is 0.444 e. The molecule has 0 aromatic heterocycles. The molecule has 0 bridgehead atoms. The number of ether oxygens (including phenoxy) is 1. The summed E-state index contributed by atoms with van der Waals surface area (Å²) in [6.45, 7) is 4.94. The third-order valence-corrected chi connectivity index (χ3v) is 4.13. The molecule has 0 aliphatic carbocycles. The molecule has 1 aromatic carbocycles. The van der Waals surface area contributed by atoms with Crippen molar-refractivity contribution in [1.29, 1.82) is 0 Å². The van der Waals surface area contributed by atoms with Crippen LogP contribution in [-0.2, 0) is 14.8 Å². The van der Waals surface area contributed by atoms with Gasteiger partial charge in [-0.15, -0.1) is 0 Å². The predicted octanol–water partition coefficient (Wildman–Crippen LogP) is 2.11. The topological polar surface area (TPSA) is 75.7 Å². The Hall–Kier alpha value is -1.74. The molecule has 0 aliphatic rings. The number of carbonyl (C=O) groups is 1. The highest BCUT2D eigenvalue weighted by Crippen LogP contribution is 2.16. The highest BCUT2D eigenvalue weighted by molar-refractivity contribution is 7.89. The number of hydrogen-bond acceptors (Lipinski definition) is 4. The van der Waals surface area contributed by atoms with Gasteiger partial charge in [0.25, 0.3) is 0 Å². The lowest BCUT2D eigenvalue weighted by atomic mass is 10.2.